The van der Waals surface area contributed by atoms with Crippen LogP contribution in [-0.4, -0.2) is 24.3 Å². The number of hydrogen-bond donors (Lipinski definition) is 2. The molecule has 118 valence electrons. The van der Waals surface area contributed by atoms with Gasteiger partial charge in [0.05, 0.1) is 13.3 Å². The largest absolute Gasteiger partial charge is 0.504 e. The van der Waals surface area contributed by atoms with E-state index in [0.717, 1.165) is 6.42 Å². The average molecular weight is 310 g/mol. The zero-order chi connectivity index (χ0) is 16.2. The minimum absolute atomic E-state index is 0.0150. The van der Waals surface area contributed by atoms with Crippen LogP contribution in [0.1, 0.15) is 23.5 Å². The van der Waals surface area contributed by atoms with E-state index in [4.69, 9.17) is 4.74 Å². The number of nitrogens with zero attached hydrogens (tertiary/aromatic N) is 1. The van der Waals surface area contributed by atoms with Gasteiger partial charge in [0, 0.05) is 5.92 Å². The molecule has 1 amide bonds. The molecule has 2 aromatic carbocycles. The SMILES string of the molecule is COc1ccc(C=NNC(=O)C2CC2c2ccccc2)cc1O. The highest BCUT2D eigenvalue weighted by atomic mass is 16.5. The number of rotatable bonds is 5. The molecule has 1 aliphatic carbocycles. The number of ether oxygens (including phenoxy) is 1. The van der Waals surface area contributed by atoms with Gasteiger partial charge >= 0.3 is 0 Å². The Bertz CT molecular complexity index is 728. The molecule has 2 atom stereocenters. The number of carbonyl (C=O) groups is 1. The molecule has 0 aromatic heterocycles. The molecular weight excluding hydrogens is 292 g/mol. The van der Waals surface area contributed by atoms with E-state index >= 15 is 0 Å². The smallest absolute Gasteiger partial charge is 0.243 e. The Morgan fingerprint density at radius 2 is 2.09 bits per heavy atom. The van der Waals surface area contributed by atoms with Crippen molar-refractivity contribution in [2.45, 2.75) is 12.3 Å². The van der Waals surface area contributed by atoms with Crippen LogP contribution >= 0.6 is 0 Å². The van der Waals surface area contributed by atoms with Crippen LogP contribution < -0.4 is 10.2 Å². The van der Waals surface area contributed by atoms with Crippen molar-refractivity contribution in [3.63, 3.8) is 0 Å². The van der Waals surface area contributed by atoms with Gasteiger partial charge in [-0.3, -0.25) is 4.79 Å². The summed E-state index contributed by atoms with van der Waals surface area (Å²) in [5.41, 5.74) is 4.43. The van der Waals surface area contributed by atoms with E-state index < -0.39 is 0 Å². The van der Waals surface area contributed by atoms with Crippen molar-refractivity contribution in [3.8, 4) is 11.5 Å². The lowest BCUT2D eigenvalue weighted by Crippen LogP contribution is -2.20. The molecule has 1 fully saturated rings. The van der Waals surface area contributed by atoms with Crippen LogP contribution in [-0.2, 0) is 4.79 Å². The molecule has 1 saturated carbocycles. The number of phenolic OH excluding ortho intramolecular Hbond substituents is 1. The molecule has 2 aromatic rings. The van der Waals surface area contributed by atoms with Crippen LogP contribution in [0.2, 0.25) is 0 Å². The van der Waals surface area contributed by atoms with Crippen molar-refractivity contribution in [1.82, 2.24) is 5.43 Å². The van der Waals surface area contributed by atoms with E-state index in [2.05, 4.69) is 10.5 Å². The van der Waals surface area contributed by atoms with Gasteiger partial charge in [-0.1, -0.05) is 30.3 Å². The first-order chi connectivity index (χ1) is 11.2. The van der Waals surface area contributed by atoms with Crippen LogP contribution in [0.25, 0.3) is 0 Å². The number of benzene rings is 2. The number of hydrogen-bond acceptors (Lipinski definition) is 4. The van der Waals surface area contributed by atoms with Crippen molar-refractivity contribution < 1.29 is 14.6 Å². The number of aromatic hydroxyl groups is 1. The van der Waals surface area contributed by atoms with Crippen molar-refractivity contribution in [1.29, 1.82) is 0 Å². The monoisotopic (exact) mass is 310 g/mol. The van der Waals surface area contributed by atoms with Gasteiger partial charge in [-0.15, -0.1) is 0 Å². The maximum Gasteiger partial charge on any atom is 0.243 e. The average Bonchev–Trinajstić information content (AvgIpc) is 3.36. The number of carbonyl (C=O) groups excluding carboxylic acids is 1. The van der Waals surface area contributed by atoms with Crippen LogP contribution in [0.4, 0.5) is 0 Å². The van der Waals surface area contributed by atoms with Gasteiger partial charge in [-0.05, 0) is 41.7 Å². The summed E-state index contributed by atoms with van der Waals surface area (Å²) in [6.45, 7) is 0. The quantitative estimate of drug-likeness (QED) is 0.659. The highest BCUT2D eigenvalue weighted by Gasteiger charge is 2.43. The molecular formula is C18H18N2O3. The second-order valence-corrected chi connectivity index (χ2v) is 5.52. The third-order valence-corrected chi connectivity index (χ3v) is 3.95. The molecule has 3 rings (SSSR count). The van der Waals surface area contributed by atoms with E-state index in [1.54, 1.807) is 12.1 Å². The maximum absolute atomic E-state index is 12.1. The lowest BCUT2D eigenvalue weighted by atomic mass is 10.1. The number of methoxy groups -OCH3 is 1. The Balaban J connectivity index is 1.55. The first-order valence-electron chi connectivity index (χ1n) is 7.44. The Kier molecular flexibility index (Phi) is 4.28. The molecule has 0 bridgehead atoms. The Labute approximate surface area is 134 Å². The third-order valence-electron chi connectivity index (χ3n) is 3.95. The molecule has 1 aliphatic rings. The van der Waals surface area contributed by atoms with Crippen molar-refractivity contribution in [2.24, 2.45) is 11.0 Å². The second kappa shape index (κ2) is 6.52. The van der Waals surface area contributed by atoms with Gasteiger partial charge in [-0.2, -0.15) is 5.10 Å². The minimum atomic E-state index is -0.0761. The molecule has 0 spiro atoms. The van der Waals surface area contributed by atoms with E-state index in [0.29, 0.717) is 11.3 Å². The summed E-state index contributed by atoms with van der Waals surface area (Å²) in [5.74, 6) is 0.632. The van der Waals surface area contributed by atoms with Gasteiger partial charge in [0.15, 0.2) is 11.5 Å². The van der Waals surface area contributed by atoms with Gasteiger partial charge in [0.25, 0.3) is 0 Å². The minimum Gasteiger partial charge on any atom is -0.504 e. The Morgan fingerprint density at radius 3 is 2.78 bits per heavy atom. The standard InChI is InChI=1S/C18H18N2O3/c1-23-17-8-7-12(9-16(17)21)11-19-20-18(22)15-10-14(15)13-5-3-2-4-6-13/h2-9,11,14-15,21H,10H2,1H3,(H,20,22). The highest BCUT2D eigenvalue weighted by molar-refractivity contribution is 5.86. The molecule has 0 heterocycles. The molecule has 0 aliphatic heterocycles. The summed E-state index contributed by atoms with van der Waals surface area (Å²) in [7, 11) is 1.49. The maximum atomic E-state index is 12.1. The van der Waals surface area contributed by atoms with Crippen LogP contribution in [0.3, 0.4) is 0 Å². The number of amides is 1. The predicted molar refractivity (Wildman–Crippen MR) is 87.7 cm³/mol. The zero-order valence-electron chi connectivity index (χ0n) is 12.8. The van der Waals surface area contributed by atoms with Crippen LogP contribution in [0.15, 0.2) is 53.6 Å². The summed E-state index contributed by atoms with van der Waals surface area (Å²) in [4.78, 5) is 12.1. The normalized spacial score (nSPS) is 19.5. The third kappa shape index (κ3) is 3.51. The molecule has 0 radical (unpaired) electrons. The van der Waals surface area contributed by atoms with E-state index in [-0.39, 0.29) is 23.5 Å². The Morgan fingerprint density at radius 1 is 1.30 bits per heavy atom. The van der Waals surface area contributed by atoms with Crippen LogP contribution in [0.5, 0.6) is 11.5 Å². The summed E-state index contributed by atoms with van der Waals surface area (Å²) < 4.78 is 4.97. The molecule has 2 N–H and O–H groups in total. The second-order valence-electron chi connectivity index (χ2n) is 5.52. The van der Waals surface area contributed by atoms with Gasteiger partial charge in [0.2, 0.25) is 5.91 Å². The summed E-state index contributed by atoms with van der Waals surface area (Å²) in [5, 5.41) is 13.6. The predicted octanol–water partition coefficient (Wildman–Crippen LogP) is 2.65. The lowest BCUT2D eigenvalue weighted by Gasteiger charge is -2.03. The van der Waals surface area contributed by atoms with Gasteiger partial charge < -0.3 is 9.84 Å². The van der Waals surface area contributed by atoms with E-state index in [9.17, 15) is 9.90 Å². The topological polar surface area (TPSA) is 70.9 Å². The van der Waals surface area contributed by atoms with Gasteiger partial charge in [-0.25, -0.2) is 5.43 Å². The fourth-order valence-electron chi connectivity index (χ4n) is 2.59. The Hall–Kier alpha value is -2.82. The van der Waals surface area contributed by atoms with Gasteiger partial charge in [0.1, 0.15) is 0 Å². The number of hydrazone groups is 1. The van der Waals surface area contributed by atoms with Crippen molar-refractivity contribution >= 4 is 12.1 Å². The van der Waals surface area contributed by atoms with Crippen molar-refractivity contribution in [2.75, 3.05) is 7.11 Å². The molecule has 2 unspecified atom stereocenters. The van der Waals surface area contributed by atoms with Crippen molar-refractivity contribution in [3.05, 3.63) is 59.7 Å². The summed E-state index contributed by atoms with van der Waals surface area (Å²) >= 11 is 0. The fourth-order valence-corrected chi connectivity index (χ4v) is 2.59. The van der Waals surface area contributed by atoms with E-state index in [1.165, 1.54) is 25.0 Å². The molecule has 5 nitrogen and oxygen atoms in total. The fraction of sp³-hybridized carbons (Fsp3) is 0.222. The molecule has 0 saturated heterocycles. The number of phenols is 1. The lowest BCUT2D eigenvalue weighted by molar-refractivity contribution is -0.122. The molecule has 5 heteroatoms. The first kappa shape index (κ1) is 15.1. The first-order valence-corrected chi connectivity index (χ1v) is 7.44. The van der Waals surface area contributed by atoms with Crippen LogP contribution in [0, 0.1) is 5.92 Å². The zero-order valence-corrected chi connectivity index (χ0v) is 12.8. The summed E-state index contributed by atoms with van der Waals surface area (Å²) in [6.07, 6.45) is 2.35. The molecule has 23 heavy (non-hydrogen) atoms. The van der Waals surface area contributed by atoms with E-state index in [1.807, 2.05) is 30.3 Å². The number of nitrogens with one attached hydrogen (secondary N) is 1. The summed E-state index contributed by atoms with van der Waals surface area (Å²) in [6, 6.07) is 14.9. The highest BCUT2D eigenvalue weighted by Crippen LogP contribution is 2.47.